The van der Waals surface area contributed by atoms with Gasteiger partial charge in [-0.1, -0.05) is 54.1 Å². The molecule has 55 heteroatoms. The number of amides is 2. The molecule has 8 atom stereocenters. The molecule has 0 radical (unpaired) electrons. The van der Waals surface area contributed by atoms with Gasteiger partial charge in [0.1, 0.15) is 35.3 Å². The number of ether oxygens (including phenoxy) is 8. The lowest BCUT2D eigenvalue weighted by molar-refractivity contribution is -0.152. The van der Waals surface area contributed by atoms with Gasteiger partial charge in [0.15, 0.2) is 11.5 Å². The Balaban J connectivity index is 0.000000160. The molecule has 15 rings (SSSR count). The van der Waals surface area contributed by atoms with Gasteiger partial charge in [-0.15, -0.1) is 0 Å². The predicted octanol–water partition coefficient (Wildman–Crippen LogP) is 13.4. The van der Waals surface area contributed by atoms with Crippen LogP contribution in [0.15, 0.2) is 177 Å². The molecule has 0 spiro atoms. The zero-order chi connectivity index (χ0) is 97.1. The number of hydrogen-bond acceptors (Lipinski definition) is 37. The summed E-state index contributed by atoms with van der Waals surface area (Å²) in [6.45, 7) is 8.30. The van der Waals surface area contributed by atoms with E-state index in [0.717, 1.165) is 55.6 Å². The molecular formula is C78H88FN5O41P8. The molecule has 12 N–H and O–H groups in total. The van der Waals surface area contributed by atoms with E-state index < -0.39 is 185 Å². The van der Waals surface area contributed by atoms with E-state index in [4.69, 9.17) is 74.1 Å². The number of rotatable bonds is 20. The highest BCUT2D eigenvalue weighted by Gasteiger charge is 2.71. The summed E-state index contributed by atoms with van der Waals surface area (Å²) in [4.78, 5) is 160. The molecule has 4 aromatic carbocycles. The van der Waals surface area contributed by atoms with Crippen LogP contribution in [0.3, 0.4) is 0 Å². The number of aryl methyl sites for hydroxylation is 1. The Morgan fingerprint density at radius 3 is 1.20 bits per heavy atom. The van der Waals surface area contributed by atoms with Crippen molar-refractivity contribution in [2.45, 2.75) is 163 Å². The Morgan fingerprint density at radius 1 is 0.444 bits per heavy atom. The van der Waals surface area contributed by atoms with Gasteiger partial charge in [0.25, 0.3) is 20.3 Å². The monoisotopic (exact) mass is 2020 g/mol. The number of carbonyl (C=O) groups is 5. The van der Waals surface area contributed by atoms with Crippen molar-refractivity contribution in [1.82, 2.24) is 24.8 Å². The SMILES string of the molecule is CC1(C)CN(C(=O)Oc2ccc(C3OP(=O)(O)C(O)(Cc4cccnc4)P(=O)(O)O3)c(F)c2)C1=O.COc1cc(C2OP(=O)(O)C(O)(Cc3cccnc3)P(=O)(O)O2)ccc1OC(=O)OC1CCCC1.Cc1ccc(OC(=O)OC(C)C)c(C2OP(=O)(O)C(O)(Cc3cccnc3)P(=O)(O)O2)c1.O=C(Oc1ccccc1C1OP(=O)(O)C(O)(Cc2cccnc2)P(=O)(O)O1)OC1CC1. The van der Waals surface area contributed by atoms with E-state index in [2.05, 4.69) is 19.9 Å². The van der Waals surface area contributed by atoms with E-state index in [1.54, 1.807) is 40.7 Å². The van der Waals surface area contributed by atoms with Crippen LogP contribution in [0.5, 0.6) is 28.7 Å². The number of benzene rings is 4. The maximum absolute atomic E-state index is 14.8. The average Bonchev–Trinajstić information content (AvgIpc) is 1.68. The quantitative estimate of drug-likeness (QED) is 0.0111. The van der Waals surface area contributed by atoms with Crippen molar-refractivity contribution in [2.24, 2.45) is 5.41 Å². The predicted molar refractivity (Wildman–Crippen MR) is 450 cm³/mol. The second-order valence-electron chi connectivity index (χ2n) is 31.5. The minimum Gasteiger partial charge on any atom is -0.493 e. The van der Waals surface area contributed by atoms with Crippen molar-refractivity contribution in [3.8, 4) is 28.7 Å². The normalized spacial score (nSPS) is 31.6. The molecule has 5 saturated heterocycles. The number of aliphatic hydroxyl groups is 4. The second-order valence-corrected chi connectivity index (χ2v) is 48.8. The molecule has 8 aromatic rings. The van der Waals surface area contributed by atoms with Crippen molar-refractivity contribution in [1.29, 1.82) is 0 Å². The van der Waals surface area contributed by atoms with E-state index in [-0.39, 0.29) is 86.4 Å². The maximum Gasteiger partial charge on any atom is 0.514 e. The third kappa shape index (κ3) is 23.0. The number of halogens is 1. The maximum atomic E-state index is 14.8. The molecule has 8 unspecified atom stereocenters. The molecule has 5 aliphatic heterocycles. The van der Waals surface area contributed by atoms with Crippen LogP contribution in [-0.4, -0.2) is 167 Å². The molecule has 46 nitrogen and oxygen atoms in total. The summed E-state index contributed by atoms with van der Waals surface area (Å²) >= 11 is 0. The van der Waals surface area contributed by atoms with Gasteiger partial charge in [-0.2, -0.15) is 0 Å². The number of β-lactam (4-membered cyclic amide) rings is 1. The summed E-state index contributed by atoms with van der Waals surface area (Å²) < 4.78 is 199. The molecule has 2 amide bonds. The van der Waals surface area contributed by atoms with E-state index >= 15 is 0 Å². The van der Waals surface area contributed by atoms with Gasteiger partial charge < -0.3 is 97.5 Å². The number of carbonyl (C=O) groups excluding carboxylic acids is 5. The zero-order valence-electron chi connectivity index (χ0n) is 70.5. The Bertz CT molecular complexity index is 5970. The van der Waals surface area contributed by atoms with Gasteiger partial charge in [-0.3, -0.25) is 97.4 Å². The van der Waals surface area contributed by atoms with Crippen LogP contribution in [0.4, 0.5) is 23.6 Å². The Labute approximate surface area is 754 Å². The first kappa shape index (κ1) is 103. The number of pyridine rings is 4. The third-order valence-corrected chi connectivity index (χ3v) is 38.9. The molecule has 133 heavy (non-hydrogen) atoms. The lowest BCUT2D eigenvalue weighted by atomic mass is 9.84. The van der Waals surface area contributed by atoms with Crippen LogP contribution < -0.4 is 23.7 Å². The number of hydrogen-bond donors (Lipinski definition) is 12. The number of likely N-dealkylation sites (tertiary alicyclic amines) is 1. The topological polar surface area (TPSA) is 667 Å². The minimum absolute atomic E-state index is 0.00494. The highest BCUT2D eigenvalue weighted by Crippen LogP contribution is 2.83. The second kappa shape index (κ2) is 40.4. The molecular weight excluding hydrogens is 1930 g/mol. The van der Waals surface area contributed by atoms with E-state index in [1.807, 2.05) is 0 Å². The first-order valence-corrected chi connectivity index (χ1v) is 52.2. The molecule has 2 aliphatic carbocycles. The van der Waals surface area contributed by atoms with E-state index in [9.17, 15) is 124 Å². The summed E-state index contributed by atoms with van der Waals surface area (Å²) in [5.41, 5.74) is -0.107. The highest BCUT2D eigenvalue weighted by atomic mass is 31.3. The van der Waals surface area contributed by atoms with E-state index in [0.29, 0.717) is 11.6 Å². The van der Waals surface area contributed by atoms with Crippen LogP contribution in [0, 0.1) is 18.2 Å². The standard InChI is InChI=1S/C21H25NO11P2.C20H21FN2O10P2.C19H23NO10P2.C18H19NO10P2/c1-29-18-11-15(8-9-17(18)31-20(23)30-16-6-2-3-7-16)19-32-34(25,26)21(24,35(27,28)33-19)12-14-5-4-10-22-13-14;1-19(2)11-23(17(19)24)18(25)31-13-5-6-14(15(21)8-13)16-32-34(27,28)20(26,35(29,30)33-16)9-12-4-3-7-22-10-12;1-12(2)27-18(21)28-16-7-6-13(3)9-15(16)17-29-31(23,24)19(22,32(25,26)30-17)10-14-5-4-8-20-11-14;20-17(26-13-7-8-13)27-15-6-2-1-5-14(15)16-28-30(22,23)18(21,31(24,25)29-16)10-12-4-3-9-19-11-12/h4-5,8-11,13,16,19,24H,2-3,6-7,12H2,1H3,(H,25,26)(H,27,28);3-8,10,16,26H,9,11H2,1-2H3,(H,27,28)(H,29,30);4-9,11-12,17,22H,10H2,1-3H3,(H,23,24)(H,25,26);1-6,9,11,13,16,21H,7-8,10H2,(H,22,23)(H,24,25). The average molecular weight is 2020 g/mol. The minimum atomic E-state index is -5.31. The van der Waals surface area contributed by atoms with Gasteiger partial charge in [0.05, 0.1) is 29.8 Å². The van der Waals surface area contributed by atoms with Crippen LogP contribution in [0.2, 0.25) is 0 Å². The zero-order valence-corrected chi connectivity index (χ0v) is 77.6. The molecule has 2 saturated carbocycles. The summed E-state index contributed by atoms with van der Waals surface area (Å²) in [5.74, 6) is -2.28. The summed E-state index contributed by atoms with van der Waals surface area (Å²) in [6, 6.07) is 28.1. The smallest absolute Gasteiger partial charge is 0.493 e. The third-order valence-electron chi connectivity index (χ3n) is 20.5. The first-order valence-electron chi connectivity index (χ1n) is 39.6. The molecule has 9 heterocycles. The summed E-state index contributed by atoms with van der Waals surface area (Å²) in [5, 5.41) is 30.5. The van der Waals surface area contributed by atoms with Crippen molar-refractivity contribution in [2.75, 3.05) is 13.7 Å². The first-order chi connectivity index (χ1) is 62.2. The van der Waals surface area contributed by atoms with Gasteiger partial charge >= 0.3 is 85.3 Å². The van der Waals surface area contributed by atoms with E-state index in [1.165, 1.54) is 160 Å². The fraction of sp³-hybridized carbons (Fsp3) is 0.372. The fourth-order valence-corrected chi connectivity index (χ4v) is 27.6. The summed E-state index contributed by atoms with van der Waals surface area (Å²) in [6.07, 6.45) is 0.0192. The number of aromatic nitrogens is 4. The van der Waals surface area contributed by atoms with Crippen molar-refractivity contribution < 1.29 is 199 Å². The summed E-state index contributed by atoms with van der Waals surface area (Å²) in [7, 11) is -40.3. The lowest BCUT2D eigenvalue weighted by Gasteiger charge is -2.41. The number of nitrogens with zero attached hydrogens (tertiary/aromatic N) is 5. The Morgan fingerprint density at radius 2 is 0.820 bits per heavy atom. The van der Waals surface area contributed by atoms with Crippen LogP contribution in [0.25, 0.3) is 0 Å². The highest BCUT2D eigenvalue weighted by molar-refractivity contribution is 7.75. The van der Waals surface area contributed by atoms with Crippen LogP contribution in [0.1, 0.15) is 141 Å². The Hall–Kier alpha value is -9.00. The van der Waals surface area contributed by atoms with Gasteiger partial charge in [-0.25, -0.2) is 28.5 Å². The molecule has 718 valence electrons. The fourth-order valence-electron chi connectivity index (χ4n) is 13.3. The largest absolute Gasteiger partial charge is 0.514 e. The van der Waals surface area contributed by atoms with Gasteiger partial charge in [0.2, 0.25) is 31.1 Å². The van der Waals surface area contributed by atoms with Crippen molar-refractivity contribution >= 4 is 91.2 Å². The number of imide groups is 1. The molecule has 4 aromatic heterocycles. The van der Waals surface area contributed by atoms with Crippen LogP contribution >= 0.6 is 60.8 Å². The van der Waals surface area contributed by atoms with Crippen LogP contribution in [-0.2, 0) is 117 Å². The molecule has 7 fully saturated rings. The lowest BCUT2D eigenvalue weighted by Crippen LogP contribution is -2.61. The van der Waals surface area contributed by atoms with Crippen molar-refractivity contribution in [3.05, 3.63) is 233 Å². The molecule has 7 aliphatic rings. The number of methoxy groups -OCH3 is 1. The number of para-hydroxylation sites is 1. The Kier molecular flexibility index (Phi) is 31.2. The van der Waals surface area contributed by atoms with Gasteiger partial charge in [0, 0.05) is 99.0 Å². The van der Waals surface area contributed by atoms with Gasteiger partial charge in [-0.05, 0) is 168 Å². The molecule has 0 bridgehead atoms. The van der Waals surface area contributed by atoms with Crippen molar-refractivity contribution in [3.63, 3.8) is 0 Å².